The second kappa shape index (κ2) is 8.70. The Morgan fingerprint density at radius 3 is 2.39 bits per heavy atom. The summed E-state index contributed by atoms with van der Waals surface area (Å²) in [5, 5.41) is 11.0. The van der Waals surface area contributed by atoms with Gasteiger partial charge < -0.3 is 9.47 Å². The minimum Gasteiger partial charge on any atom is -0.493 e. The molecule has 0 bridgehead atoms. The number of nitrogens with two attached hydrogens (primary N) is 1. The van der Waals surface area contributed by atoms with Crippen LogP contribution in [-0.4, -0.2) is 33.3 Å². The van der Waals surface area contributed by atoms with Crippen molar-refractivity contribution in [2.75, 3.05) is 12.1 Å². The maximum absolute atomic E-state index is 13.0. The van der Waals surface area contributed by atoms with E-state index in [1.165, 1.54) is 36.4 Å². The van der Waals surface area contributed by atoms with Crippen molar-refractivity contribution < 1.29 is 22.7 Å². The average Bonchev–Trinajstić information content (AvgIpc) is 2.97. The summed E-state index contributed by atoms with van der Waals surface area (Å²) in [6, 6.07) is 8.98. The first-order valence-electron chi connectivity index (χ1n) is 9.30. The summed E-state index contributed by atoms with van der Waals surface area (Å²) in [6.07, 6.45) is 1.57. The molecule has 0 spiro atoms. The monoisotopic (exact) mass is 463 g/mol. The van der Waals surface area contributed by atoms with Gasteiger partial charge in [0.25, 0.3) is 5.91 Å². The molecule has 2 aromatic carbocycles. The summed E-state index contributed by atoms with van der Waals surface area (Å²) in [7, 11) is -2.32. The molecule has 0 unspecified atom stereocenters. The smallest absolute Gasteiger partial charge is 0.280 e. The fraction of sp³-hybridized carbons (Fsp3) is 0.238. The van der Waals surface area contributed by atoms with E-state index in [1.54, 1.807) is 25.1 Å². The number of methoxy groups -OCH3 is 1. The highest BCUT2D eigenvalue weighted by atomic mass is 35.5. The van der Waals surface area contributed by atoms with E-state index in [2.05, 4.69) is 5.10 Å². The van der Waals surface area contributed by atoms with Crippen LogP contribution < -0.4 is 19.6 Å². The third kappa shape index (κ3) is 4.90. The lowest BCUT2D eigenvalue weighted by Crippen LogP contribution is -2.21. The highest BCUT2D eigenvalue weighted by Gasteiger charge is 2.29. The van der Waals surface area contributed by atoms with Crippen molar-refractivity contribution in [1.82, 2.24) is 0 Å². The number of hydrogen-bond acceptors (Lipinski definition) is 6. The van der Waals surface area contributed by atoms with Crippen molar-refractivity contribution in [3.8, 4) is 11.5 Å². The molecule has 8 nitrogen and oxygen atoms in total. The number of primary sulfonamides is 1. The second-order valence-electron chi connectivity index (χ2n) is 7.10. The van der Waals surface area contributed by atoms with Gasteiger partial charge in [-0.3, -0.25) is 4.79 Å². The van der Waals surface area contributed by atoms with Crippen molar-refractivity contribution in [3.05, 3.63) is 52.6 Å². The molecule has 0 aromatic heterocycles. The van der Waals surface area contributed by atoms with Crippen LogP contribution in [0.3, 0.4) is 0 Å². The molecule has 1 aliphatic heterocycles. The van der Waals surface area contributed by atoms with Gasteiger partial charge in [0.05, 0.1) is 40.1 Å². The number of benzene rings is 2. The topological polar surface area (TPSA) is 111 Å². The van der Waals surface area contributed by atoms with Crippen LogP contribution in [-0.2, 0) is 14.8 Å². The van der Waals surface area contributed by atoms with Gasteiger partial charge in [-0.25, -0.2) is 13.6 Å². The highest BCUT2D eigenvalue weighted by Crippen LogP contribution is 2.38. The summed E-state index contributed by atoms with van der Waals surface area (Å²) in [4.78, 5) is 12.9. The van der Waals surface area contributed by atoms with Crippen molar-refractivity contribution in [1.29, 1.82) is 0 Å². The molecule has 0 saturated heterocycles. The van der Waals surface area contributed by atoms with Gasteiger partial charge in [-0.2, -0.15) is 10.1 Å². The molecule has 164 valence electrons. The summed E-state index contributed by atoms with van der Waals surface area (Å²) in [6.45, 7) is 5.47. The summed E-state index contributed by atoms with van der Waals surface area (Å²) in [5.41, 5.74) is 1.92. The molecule has 1 amide bonds. The molecule has 2 N–H and O–H groups in total. The van der Waals surface area contributed by atoms with Gasteiger partial charge in [0.1, 0.15) is 0 Å². The van der Waals surface area contributed by atoms with E-state index in [-0.39, 0.29) is 16.9 Å². The number of anilines is 1. The van der Waals surface area contributed by atoms with E-state index < -0.39 is 10.0 Å². The number of carbonyl (C=O) groups is 1. The van der Waals surface area contributed by atoms with Crippen LogP contribution in [0, 0.1) is 0 Å². The second-order valence-corrected chi connectivity index (χ2v) is 9.07. The van der Waals surface area contributed by atoms with Gasteiger partial charge in [0.15, 0.2) is 11.5 Å². The number of sulfonamides is 1. The number of carbonyl (C=O) groups excluding carboxylic acids is 1. The fourth-order valence-corrected chi connectivity index (χ4v) is 3.76. The van der Waals surface area contributed by atoms with Crippen LogP contribution in [0.4, 0.5) is 5.69 Å². The SMILES string of the molecule is COc1cc(/C=C2\C(=O)N(c3ccc(S(N)(=O)=O)cc3)N=C2C)cc(Cl)c1OC(C)C. The van der Waals surface area contributed by atoms with E-state index in [9.17, 15) is 13.2 Å². The first-order chi connectivity index (χ1) is 14.5. The first kappa shape index (κ1) is 22.8. The van der Waals surface area contributed by atoms with Crippen LogP contribution in [0.1, 0.15) is 26.3 Å². The Balaban J connectivity index is 1.94. The molecule has 0 saturated carbocycles. The average molecular weight is 464 g/mol. The zero-order valence-electron chi connectivity index (χ0n) is 17.4. The number of amides is 1. The molecule has 0 radical (unpaired) electrons. The number of ether oxygens (including phenoxy) is 2. The normalized spacial score (nSPS) is 15.6. The van der Waals surface area contributed by atoms with Gasteiger partial charge in [-0.15, -0.1) is 0 Å². The Bertz CT molecular complexity index is 1190. The molecule has 31 heavy (non-hydrogen) atoms. The quantitative estimate of drug-likeness (QED) is 0.658. The molecule has 3 rings (SSSR count). The number of nitrogens with zero attached hydrogens (tertiary/aromatic N) is 2. The predicted molar refractivity (Wildman–Crippen MR) is 120 cm³/mol. The van der Waals surface area contributed by atoms with Crippen LogP contribution >= 0.6 is 11.6 Å². The van der Waals surface area contributed by atoms with Crippen LogP contribution in [0.15, 0.2) is 52.0 Å². The van der Waals surface area contributed by atoms with Gasteiger partial charge in [-0.05, 0) is 68.8 Å². The fourth-order valence-electron chi connectivity index (χ4n) is 2.98. The molecular formula is C21H22ClN3O5S. The largest absolute Gasteiger partial charge is 0.493 e. The third-order valence-electron chi connectivity index (χ3n) is 4.39. The molecule has 0 atom stereocenters. The maximum Gasteiger partial charge on any atom is 0.280 e. The van der Waals surface area contributed by atoms with Gasteiger partial charge in [0, 0.05) is 0 Å². The Morgan fingerprint density at radius 1 is 1.19 bits per heavy atom. The third-order valence-corrected chi connectivity index (χ3v) is 5.60. The van der Waals surface area contributed by atoms with Gasteiger partial charge in [-0.1, -0.05) is 11.6 Å². The minimum absolute atomic E-state index is 0.0511. The Morgan fingerprint density at radius 2 is 1.84 bits per heavy atom. The lowest BCUT2D eigenvalue weighted by molar-refractivity contribution is -0.114. The molecule has 1 heterocycles. The summed E-state index contributed by atoms with van der Waals surface area (Å²) in [5.74, 6) is 0.517. The molecule has 2 aromatic rings. The predicted octanol–water partition coefficient (Wildman–Crippen LogP) is 3.59. The maximum atomic E-state index is 13.0. The highest BCUT2D eigenvalue weighted by molar-refractivity contribution is 7.89. The lowest BCUT2D eigenvalue weighted by Gasteiger charge is -2.16. The van der Waals surface area contributed by atoms with Crippen molar-refractivity contribution in [2.45, 2.75) is 31.8 Å². The van der Waals surface area contributed by atoms with E-state index in [0.717, 1.165) is 0 Å². The van der Waals surface area contributed by atoms with Crippen LogP contribution in [0.25, 0.3) is 6.08 Å². The summed E-state index contributed by atoms with van der Waals surface area (Å²) < 4.78 is 34.0. The Hall–Kier alpha value is -2.88. The van der Waals surface area contributed by atoms with Gasteiger partial charge in [0.2, 0.25) is 10.0 Å². The number of halogens is 1. The number of hydrazone groups is 1. The zero-order chi connectivity index (χ0) is 22.9. The van der Waals surface area contributed by atoms with Crippen LogP contribution in [0.5, 0.6) is 11.5 Å². The van der Waals surface area contributed by atoms with E-state index in [1.807, 2.05) is 13.8 Å². The molecule has 0 fully saturated rings. The molecular weight excluding hydrogens is 442 g/mol. The van der Waals surface area contributed by atoms with Gasteiger partial charge >= 0.3 is 0 Å². The molecule has 0 aliphatic carbocycles. The van der Waals surface area contributed by atoms with Crippen molar-refractivity contribution in [3.63, 3.8) is 0 Å². The first-order valence-corrected chi connectivity index (χ1v) is 11.2. The molecule has 1 aliphatic rings. The van der Waals surface area contributed by atoms with Crippen molar-refractivity contribution >= 4 is 45.0 Å². The number of rotatable bonds is 6. The van der Waals surface area contributed by atoms with Crippen molar-refractivity contribution in [2.24, 2.45) is 10.2 Å². The minimum atomic E-state index is -3.83. The van der Waals surface area contributed by atoms with E-state index >= 15 is 0 Å². The van der Waals surface area contributed by atoms with E-state index in [4.69, 9.17) is 26.2 Å². The van der Waals surface area contributed by atoms with E-state index in [0.29, 0.717) is 39.1 Å². The standard InChI is InChI=1S/C21H22ClN3O5S/c1-12(2)30-20-18(22)10-14(11-19(20)29-4)9-17-13(3)24-25(21(17)26)15-5-7-16(8-6-15)31(23,27)28/h5-12H,1-4H3,(H2,23,27,28)/b17-9-. The summed E-state index contributed by atoms with van der Waals surface area (Å²) >= 11 is 6.37. The Kier molecular flexibility index (Phi) is 6.40. The van der Waals surface area contributed by atoms with Crippen LogP contribution in [0.2, 0.25) is 5.02 Å². The molecule has 10 heteroatoms. The zero-order valence-corrected chi connectivity index (χ0v) is 19.0. The Labute approximate surface area is 185 Å². The lowest BCUT2D eigenvalue weighted by atomic mass is 10.1. The number of hydrogen-bond donors (Lipinski definition) is 1.